The number of aliphatic hydroxyl groups is 1. The summed E-state index contributed by atoms with van der Waals surface area (Å²) < 4.78 is 11.4. The number of amides is 1. The summed E-state index contributed by atoms with van der Waals surface area (Å²) in [6, 6.07) is 9.56. The van der Waals surface area contributed by atoms with E-state index in [1.165, 1.54) is 0 Å². The first-order valence-corrected chi connectivity index (χ1v) is 11.1. The van der Waals surface area contributed by atoms with E-state index in [0.29, 0.717) is 12.4 Å². The minimum atomic E-state index is -0.500. The smallest absolute Gasteiger partial charge is 0.410 e. The van der Waals surface area contributed by atoms with Crippen LogP contribution in [0.2, 0.25) is 0 Å². The second-order valence-electron chi connectivity index (χ2n) is 9.38. The van der Waals surface area contributed by atoms with Gasteiger partial charge in [-0.15, -0.1) is 0 Å². The number of rotatable bonds is 3. The van der Waals surface area contributed by atoms with Crippen LogP contribution in [0, 0.1) is 0 Å². The normalized spacial score (nSPS) is 16.0. The highest BCUT2D eigenvalue weighted by Crippen LogP contribution is 2.34. The molecule has 174 valence electrons. The van der Waals surface area contributed by atoms with Crippen molar-refractivity contribution in [2.75, 3.05) is 6.54 Å². The molecule has 6 nitrogen and oxygen atoms in total. The monoisotopic (exact) mass is 432 g/mol. The first-order chi connectivity index (χ1) is 14.4. The van der Waals surface area contributed by atoms with Crippen LogP contribution in [0.3, 0.4) is 0 Å². The predicted octanol–water partition coefficient (Wildman–Crippen LogP) is 6.25. The lowest BCUT2D eigenvalue weighted by molar-refractivity contribution is 0.0873. The Morgan fingerprint density at radius 2 is 1.74 bits per heavy atom. The van der Waals surface area contributed by atoms with Crippen molar-refractivity contribution < 1.29 is 19.1 Å². The molecule has 1 aliphatic heterocycles. The highest BCUT2D eigenvalue weighted by atomic mass is 16.6. The maximum atomic E-state index is 12.4. The van der Waals surface area contributed by atoms with Crippen LogP contribution in [0.25, 0.3) is 0 Å². The van der Waals surface area contributed by atoms with Crippen LogP contribution in [-0.4, -0.2) is 33.2 Å². The summed E-state index contributed by atoms with van der Waals surface area (Å²) in [5.74, 6) is 1.44. The van der Waals surface area contributed by atoms with Crippen molar-refractivity contribution >= 4 is 6.09 Å². The molecule has 2 aromatic rings. The maximum Gasteiger partial charge on any atom is 0.410 e. The zero-order chi connectivity index (χ0) is 23.7. The summed E-state index contributed by atoms with van der Waals surface area (Å²) in [4.78, 5) is 18.6. The van der Waals surface area contributed by atoms with E-state index in [0.717, 1.165) is 24.2 Å². The number of benzene rings is 1. The molecule has 1 aromatic heterocycles. The van der Waals surface area contributed by atoms with Crippen molar-refractivity contribution in [1.82, 2.24) is 9.88 Å². The molecule has 1 N–H and O–H groups in total. The highest BCUT2D eigenvalue weighted by molar-refractivity contribution is 5.68. The molecule has 0 aliphatic carbocycles. The average molecular weight is 433 g/mol. The van der Waals surface area contributed by atoms with Gasteiger partial charge in [0.25, 0.3) is 0 Å². The Bertz CT molecular complexity index is 767. The second-order valence-corrected chi connectivity index (χ2v) is 9.38. The van der Waals surface area contributed by atoms with E-state index >= 15 is 0 Å². The average Bonchev–Trinajstić information content (AvgIpc) is 3.36. The van der Waals surface area contributed by atoms with Crippen LogP contribution in [0.4, 0.5) is 4.79 Å². The lowest BCUT2D eigenvalue weighted by Crippen LogP contribution is -2.31. The van der Waals surface area contributed by atoms with Gasteiger partial charge in [-0.2, -0.15) is 0 Å². The third-order valence-electron chi connectivity index (χ3n) is 4.24. The molecular formula is C25H40N2O4. The van der Waals surface area contributed by atoms with E-state index < -0.39 is 5.60 Å². The molecule has 0 spiro atoms. The van der Waals surface area contributed by atoms with Crippen molar-refractivity contribution in [2.45, 2.75) is 91.9 Å². The minimum absolute atomic E-state index is 0.0947. The fourth-order valence-electron chi connectivity index (χ4n) is 2.83. The first-order valence-electron chi connectivity index (χ1n) is 11.1. The number of hydrogen-bond acceptors (Lipinski definition) is 5. The molecule has 1 saturated heterocycles. The zero-order valence-corrected chi connectivity index (χ0v) is 20.4. The second kappa shape index (κ2) is 11.9. The van der Waals surface area contributed by atoms with Crippen LogP contribution in [0.15, 0.2) is 40.9 Å². The Morgan fingerprint density at radius 3 is 2.26 bits per heavy atom. The van der Waals surface area contributed by atoms with E-state index in [-0.39, 0.29) is 24.2 Å². The summed E-state index contributed by atoms with van der Waals surface area (Å²) in [7, 11) is 0. The molecule has 1 aliphatic rings. The molecule has 1 aromatic carbocycles. The van der Waals surface area contributed by atoms with Gasteiger partial charge in [-0.3, -0.25) is 4.90 Å². The largest absolute Gasteiger partial charge is 0.445 e. The van der Waals surface area contributed by atoms with E-state index in [9.17, 15) is 4.79 Å². The molecule has 0 radical (unpaired) electrons. The van der Waals surface area contributed by atoms with Crippen molar-refractivity contribution in [2.24, 2.45) is 0 Å². The molecule has 3 rings (SSSR count). The molecule has 6 heteroatoms. The van der Waals surface area contributed by atoms with E-state index in [2.05, 4.69) is 25.8 Å². The van der Waals surface area contributed by atoms with Crippen LogP contribution in [0.5, 0.6) is 0 Å². The third kappa shape index (κ3) is 9.55. The lowest BCUT2D eigenvalue weighted by Gasteiger charge is -2.22. The molecule has 0 bridgehead atoms. The molecule has 0 saturated carbocycles. The standard InChI is InChI=1S/C19H24N2O3.C4H10O.C2H6/c1-19(2,3)16-12-20-17(24-16)15-10-7-11-21(15)18(22)23-13-14-8-5-4-6-9-14;1-4(2,3)5;1-2/h4-6,8-9,12,15H,7,10-11,13H2,1-3H3;5H,1-3H3;1-2H3. The number of hydrogen-bond donors (Lipinski definition) is 1. The number of nitrogens with zero attached hydrogens (tertiary/aromatic N) is 2. The van der Waals surface area contributed by atoms with E-state index in [1.54, 1.807) is 31.9 Å². The number of carbonyl (C=O) groups excluding carboxylic acids is 1. The third-order valence-corrected chi connectivity index (χ3v) is 4.24. The first kappa shape index (κ1) is 26.7. The Labute approximate surface area is 187 Å². The summed E-state index contributed by atoms with van der Waals surface area (Å²) in [6.45, 7) is 16.4. The Morgan fingerprint density at radius 1 is 1.16 bits per heavy atom. The zero-order valence-electron chi connectivity index (χ0n) is 20.4. The minimum Gasteiger partial charge on any atom is -0.445 e. The molecule has 1 atom stereocenters. The SMILES string of the molecule is CC.CC(C)(C)O.CC(C)(C)c1cnc(C2CCCN2C(=O)OCc2ccccc2)o1. The molecule has 2 heterocycles. The predicted molar refractivity (Wildman–Crippen MR) is 124 cm³/mol. The number of aromatic nitrogens is 1. The molecule has 31 heavy (non-hydrogen) atoms. The van der Waals surface area contributed by atoms with E-state index in [4.69, 9.17) is 14.3 Å². The van der Waals surface area contributed by atoms with Crippen molar-refractivity contribution in [3.63, 3.8) is 0 Å². The quantitative estimate of drug-likeness (QED) is 0.620. The molecular weight excluding hydrogens is 392 g/mol. The van der Waals surface area contributed by atoms with Crippen LogP contribution >= 0.6 is 0 Å². The van der Waals surface area contributed by atoms with Gasteiger partial charge in [0.2, 0.25) is 5.89 Å². The van der Waals surface area contributed by atoms with Gasteiger partial charge in [-0.25, -0.2) is 9.78 Å². The maximum absolute atomic E-state index is 12.4. The van der Waals surface area contributed by atoms with Crippen LogP contribution < -0.4 is 0 Å². The van der Waals surface area contributed by atoms with E-state index in [1.807, 2.05) is 44.2 Å². The van der Waals surface area contributed by atoms with Crippen LogP contribution in [-0.2, 0) is 16.8 Å². The lowest BCUT2D eigenvalue weighted by atomic mass is 9.94. The van der Waals surface area contributed by atoms with Gasteiger partial charge < -0.3 is 14.3 Å². The van der Waals surface area contributed by atoms with Gasteiger partial charge in [0.1, 0.15) is 18.4 Å². The topological polar surface area (TPSA) is 75.8 Å². The summed E-state index contributed by atoms with van der Waals surface area (Å²) in [5.41, 5.74) is 0.385. The Kier molecular flexibility index (Phi) is 10.2. The number of carbonyl (C=O) groups is 1. The summed E-state index contributed by atoms with van der Waals surface area (Å²) in [6.07, 6.45) is 3.24. The molecule has 1 amide bonds. The van der Waals surface area contributed by atoms with Crippen molar-refractivity contribution in [3.05, 3.63) is 53.7 Å². The van der Waals surface area contributed by atoms with Gasteiger partial charge >= 0.3 is 6.09 Å². The number of likely N-dealkylation sites (tertiary alicyclic amines) is 1. The highest BCUT2D eigenvalue weighted by Gasteiger charge is 2.35. The number of oxazole rings is 1. The van der Waals surface area contributed by atoms with Gasteiger partial charge in [0.05, 0.1) is 11.8 Å². The van der Waals surface area contributed by atoms with Crippen molar-refractivity contribution in [1.29, 1.82) is 0 Å². The fourth-order valence-corrected chi connectivity index (χ4v) is 2.83. The van der Waals surface area contributed by atoms with Gasteiger partial charge in [-0.1, -0.05) is 65.0 Å². The van der Waals surface area contributed by atoms with Crippen molar-refractivity contribution in [3.8, 4) is 0 Å². The Balaban J connectivity index is 0.000000605. The number of ether oxygens (including phenoxy) is 1. The fraction of sp³-hybridized carbons (Fsp3) is 0.600. The van der Waals surface area contributed by atoms with Gasteiger partial charge in [0.15, 0.2) is 0 Å². The Hall–Kier alpha value is -2.34. The van der Waals surface area contributed by atoms with Gasteiger partial charge in [0, 0.05) is 12.0 Å². The van der Waals surface area contributed by atoms with Gasteiger partial charge in [-0.05, 0) is 39.2 Å². The van der Waals surface area contributed by atoms with Crippen LogP contribution in [0.1, 0.15) is 91.5 Å². The summed E-state index contributed by atoms with van der Waals surface area (Å²) in [5, 5.41) is 8.52. The molecule has 1 unspecified atom stereocenters. The molecule has 1 fully saturated rings. The summed E-state index contributed by atoms with van der Waals surface area (Å²) >= 11 is 0.